The van der Waals surface area contributed by atoms with Gasteiger partial charge in [-0.1, -0.05) is 12.5 Å². The molecular weight excluding hydrogens is 506 g/mol. The third-order valence-corrected chi connectivity index (χ3v) is 9.19. The molecule has 9 nitrogen and oxygen atoms in total. The van der Waals surface area contributed by atoms with Crippen molar-refractivity contribution in [2.75, 3.05) is 36.4 Å². The van der Waals surface area contributed by atoms with Gasteiger partial charge in [-0.25, -0.2) is 0 Å². The van der Waals surface area contributed by atoms with Gasteiger partial charge in [-0.3, -0.25) is 19.2 Å². The Labute approximate surface area is 234 Å². The molecule has 5 heterocycles. The maximum absolute atomic E-state index is 13.9. The van der Waals surface area contributed by atoms with Crippen molar-refractivity contribution in [1.29, 1.82) is 0 Å². The Hall–Kier alpha value is -3.62. The predicted octanol–water partition coefficient (Wildman–Crippen LogP) is 2.88. The number of likely N-dealkylation sites (tertiary alicyclic amines) is 1. The maximum Gasteiger partial charge on any atom is 0.250 e. The Morgan fingerprint density at radius 2 is 1.93 bits per heavy atom. The van der Waals surface area contributed by atoms with Crippen LogP contribution in [0.3, 0.4) is 0 Å². The van der Waals surface area contributed by atoms with E-state index < -0.39 is 0 Å². The molecule has 9 heteroatoms. The van der Waals surface area contributed by atoms with Gasteiger partial charge in [0.05, 0.1) is 5.92 Å². The van der Waals surface area contributed by atoms with Crippen LogP contribution in [0.2, 0.25) is 0 Å². The van der Waals surface area contributed by atoms with Crippen LogP contribution in [0.5, 0.6) is 0 Å². The third-order valence-electron chi connectivity index (χ3n) is 9.19. The van der Waals surface area contributed by atoms with Crippen LogP contribution in [0.25, 0.3) is 0 Å². The lowest BCUT2D eigenvalue weighted by Crippen LogP contribution is -2.60. The van der Waals surface area contributed by atoms with Crippen LogP contribution in [-0.2, 0) is 27.3 Å². The standard InChI is InChI=1S/C31H39N5O4/c1-20(37)33-23-10-11-26-22(16-23)17-25(31(40)32-12-6-14-34-13-4-2-3-8-28(34)38)30-24-15-21(19-36(26)30)18-35-27(24)7-5-9-29(35)39/h5,7,9-11,16,21,24-25,30H,2-4,6,8,12-15,17-19H2,1H3,(H,32,40)(H,33,37). The third kappa shape index (κ3) is 5.13. The van der Waals surface area contributed by atoms with Crippen molar-refractivity contribution < 1.29 is 14.4 Å². The topological polar surface area (TPSA) is 104 Å². The van der Waals surface area contributed by atoms with Gasteiger partial charge in [-0.05, 0) is 67.9 Å². The molecule has 0 spiro atoms. The van der Waals surface area contributed by atoms with E-state index >= 15 is 0 Å². The summed E-state index contributed by atoms with van der Waals surface area (Å²) in [6.45, 7) is 4.98. The molecule has 0 aliphatic carbocycles. The molecule has 4 aliphatic heterocycles. The minimum Gasteiger partial charge on any atom is -0.366 e. The normalized spacial score (nSPS) is 25.3. The highest BCUT2D eigenvalue weighted by molar-refractivity contribution is 5.89. The Bertz CT molecular complexity index is 1370. The summed E-state index contributed by atoms with van der Waals surface area (Å²) in [5.74, 6) is 0.218. The number of carbonyl (C=O) groups is 3. The number of carbonyl (C=O) groups excluding carboxylic acids is 3. The van der Waals surface area contributed by atoms with Crippen LogP contribution in [0, 0.1) is 11.8 Å². The minimum absolute atomic E-state index is 0.0154. The summed E-state index contributed by atoms with van der Waals surface area (Å²) in [5.41, 5.74) is 3.96. The summed E-state index contributed by atoms with van der Waals surface area (Å²) in [6.07, 6.45) is 5.99. The van der Waals surface area contributed by atoms with E-state index in [-0.39, 0.29) is 41.2 Å². The van der Waals surface area contributed by atoms with Crippen molar-refractivity contribution in [1.82, 2.24) is 14.8 Å². The van der Waals surface area contributed by atoms with E-state index in [1.807, 2.05) is 33.7 Å². The van der Waals surface area contributed by atoms with E-state index in [4.69, 9.17) is 0 Å². The minimum atomic E-state index is -0.298. The van der Waals surface area contributed by atoms with Gasteiger partial charge in [-0.2, -0.15) is 0 Å². The van der Waals surface area contributed by atoms with Gasteiger partial charge in [0.25, 0.3) is 5.56 Å². The summed E-state index contributed by atoms with van der Waals surface area (Å²) in [5, 5.41) is 6.08. The van der Waals surface area contributed by atoms with Crippen LogP contribution in [0.4, 0.5) is 11.4 Å². The first-order valence-corrected chi connectivity index (χ1v) is 14.8. The van der Waals surface area contributed by atoms with E-state index in [2.05, 4.69) is 21.6 Å². The van der Waals surface area contributed by atoms with Gasteiger partial charge in [0.1, 0.15) is 0 Å². The number of piperidine rings is 1. The number of nitrogens with zero attached hydrogens (tertiary/aromatic N) is 3. The Morgan fingerprint density at radius 3 is 2.77 bits per heavy atom. The molecule has 3 amide bonds. The summed E-state index contributed by atoms with van der Waals surface area (Å²) in [4.78, 5) is 55.1. The van der Waals surface area contributed by atoms with E-state index in [0.29, 0.717) is 38.4 Å². The summed E-state index contributed by atoms with van der Waals surface area (Å²) in [6, 6.07) is 11.5. The zero-order valence-electron chi connectivity index (χ0n) is 23.2. The smallest absolute Gasteiger partial charge is 0.250 e. The van der Waals surface area contributed by atoms with E-state index in [1.54, 1.807) is 6.07 Å². The molecule has 6 rings (SSSR count). The van der Waals surface area contributed by atoms with Gasteiger partial charge in [-0.15, -0.1) is 0 Å². The number of fused-ring (bicyclic) bond motifs is 8. The zero-order chi connectivity index (χ0) is 27.8. The Kier molecular flexibility index (Phi) is 7.38. The van der Waals surface area contributed by atoms with E-state index in [9.17, 15) is 19.2 Å². The summed E-state index contributed by atoms with van der Waals surface area (Å²) >= 11 is 0. The highest BCUT2D eigenvalue weighted by atomic mass is 16.2. The number of hydrogen-bond donors (Lipinski definition) is 2. The first-order valence-electron chi connectivity index (χ1n) is 14.8. The lowest BCUT2D eigenvalue weighted by molar-refractivity contribution is -0.130. The molecule has 1 aromatic carbocycles. The average Bonchev–Trinajstić information content (AvgIpc) is 3.14. The van der Waals surface area contributed by atoms with Crippen molar-refractivity contribution in [3.63, 3.8) is 0 Å². The molecule has 40 heavy (non-hydrogen) atoms. The monoisotopic (exact) mass is 545 g/mol. The summed E-state index contributed by atoms with van der Waals surface area (Å²) < 4.78 is 1.92. The van der Waals surface area contributed by atoms with Gasteiger partial charge in [0.15, 0.2) is 0 Å². The second-order valence-corrected chi connectivity index (χ2v) is 11.9. The van der Waals surface area contributed by atoms with Gasteiger partial charge in [0, 0.05) is 81.2 Å². The average molecular weight is 546 g/mol. The van der Waals surface area contributed by atoms with Gasteiger partial charge >= 0.3 is 0 Å². The molecule has 0 radical (unpaired) electrons. The second-order valence-electron chi connectivity index (χ2n) is 11.9. The Morgan fingerprint density at radius 1 is 1.05 bits per heavy atom. The SMILES string of the molecule is CC(=O)Nc1ccc2c(c1)CC(C(=O)NCCCN1CCCCCC1=O)C1C3CC(CN21)Cn1c3cccc1=O. The first kappa shape index (κ1) is 26.6. The number of pyridine rings is 1. The van der Waals surface area contributed by atoms with Gasteiger partial charge in [0.2, 0.25) is 17.7 Å². The Balaban J connectivity index is 1.25. The fourth-order valence-electron chi connectivity index (χ4n) is 7.49. The van der Waals surface area contributed by atoms with Crippen molar-refractivity contribution in [3.8, 4) is 0 Å². The van der Waals surface area contributed by atoms with Crippen LogP contribution < -0.4 is 21.1 Å². The van der Waals surface area contributed by atoms with Crippen molar-refractivity contribution >= 4 is 29.1 Å². The highest BCUT2D eigenvalue weighted by Gasteiger charge is 2.49. The van der Waals surface area contributed by atoms with Crippen LogP contribution in [-0.4, -0.2) is 59.4 Å². The van der Waals surface area contributed by atoms with E-state index in [1.165, 1.54) is 6.92 Å². The molecule has 2 saturated heterocycles. The number of nitrogens with one attached hydrogen (secondary N) is 2. The highest BCUT2D eigenvalue weighted by Crippen LogP contribution is 2.48. The zero-order valence-corrected chi connectivity index (χ0v) is 23.2. The molecule has 2 bridgehead atoms. The van der Waals surface area contributed by atoms with Crippen molar-refractivity contribution in [2.24, 2.45) is 11.8 Å². The lowest BCUT2D eigenvalue weighted by atomic mass is 9.69. The molecular formula is C31H39N5O4. The maximum atomic E-state index is 13.9. The number of aromatic nitrogens is 1. The molecule has 4 unspecified atom stereocenters. The molecule has 212 valence electrons. The number of rotatable bonds is 6. The van der Waals surface area contributed by atoms with Crippen LogP contribution in [0.15, 0.2) is 41.2 Å². The van der Waals surface area contributed by atoms with Crippen molar-refractivity contribution in [3.05, 3.63) is 58.0 Å². The molecule has 0 saturated carbocycles. The molecule has 2 fully saturated rings. The van der Waals surface area contributed by atoms with E-state index in [0.717, 1.165) is 67.8 Å². The fraction of sp³-hybridized carbons (Fsp3) is 0.548. The number of anilines is 2. The largest absolute Gasteiger partial charge is 0.366 e. The molecule has 1 aromatic heterocycles. The number of hydrogen-bond acceptors (Lipinski definition) is 5. The number of benzene rings is 1. The second kappa shape index (κ2) is 11.1. The molecule has 4 atom stereocenters. The quantitative estimate of drug-likeness (QED) is 0.544. The predicted molar refractivity (Wildman–Crippen MR) is 153 cm³/mol. The molecule has 2 N–H and O–H groups in total. The van der Waals surface area contributed by atoms with Crippen molar-refractivity contribution in [2.45, 2.75) is 70.4 Å². The lowest BCUT2D eigenvalue weighted by Gasteiger charge is -2.54. The number of amides is 3. The molecule has 2 aromatic rings. The molecule has 4 aliphatic rings. The van der Waals surface area contributed by atoms with Crippen LogP contribution in [0.1, 0.15) is 62.6 Å². The fourth-order valence-corrected chi connectivity index (χ4v) is 7.49. The van der Waals surface area contributed by atoms with Crippen LogP contribution >= 0.6 is 0 Å². The van der Waals surface area contributed by atoms with Gasteiger partial charge < -0.3 is 25.0 Å². The first-order chi connectivity index (χ1) is 19.4. The summed E-state index contributed by atoms with van der Waals surface area (Å²) in [7, 11) is 0.